The third kappa shape index (κ3) is 3.67. The molecule has 0 bridgehead atoms. The molecule has 0 aromatic carbocycles. The van der Waals surface area contributed by atoms with E-state index in [1.165, 1.54) is 38.8 Å². The standard InChI is InChI=1S/C14H29N3O/c1-2-6-13-11-14(12-15,7-10-18-13)16-17-8-4-3-5-9-17/h13,16H,2-12,15H2,1H3. The van der Waals surface area contributed by atoms with Gasteiger partial charge in [0.25, 0.3) is 0 Å². The minimum absolute atomic E-state index is 0.0788. The third-order valence-electron chi connectivity index (χ3n) is 4.31. The number of nitrogens with one attached hydrogen (secondary N) is 1. The van der Waals surface area contributed by atoms with Crippen LogP contribution in [0.25, 0.3) is 0 Å². The van der Waals surface area contributed by atoms with Crippen LogP contribution in [0.1, 0.15) is 51.9 Å². The van der Waals surface area contributed by atoms with Gasteiger partial charge in [0.1, 0.15) is 0 Å². The molecule has 2 unspecified atom stereocenters. The predicted octanol–water partition coefficient (Wildman–Crippen LogP) is 1.65. The molecular formula is C14H29N3O. The Balaban J connectivity index is 1.91. The summed E-state index contributed by atoms with van der Waals surface area (Å²) >= 11 is 0. The summed E-state index contributed by atoms with van der Waals surface area (Å²) in [5.74, 6) is 0. The lowest BCUT2D eigenvalue weighted by molar-refractivity contribution is -0.0562. The molecule has 4 heteroatoms. The van der Waals surface area contributed by atoms with Crippen molar-refractivity contribution in [2.75, 3.05) is 26.2 Å². The van der Waals surface area contributed by atoms with Crippen molar-refractivity contribution in [2.45, 2.75) is 63.5 Å². The van der Waals surface area contributed by atoms with Crippen LogP contribution in [0.5, 0.6) is 0 Å². The smallest absolute Gasteiger partial charge is 0.0593 e. The zero-order valence-corrected chi connectivity index (χ0v) is 11.8. The summed E-state index contributed by atoms with van der Waals surface area (Å²) in [7, 11) is 0. The summed E-state index contributed by atoms with van der Waals surface area (Å²) in [6.45, 7) is 6.12. The van der Waals surface area contributed by atoms with Crippen LogP contribution in [-0.2, 0) is 4.74 Å². The lowest BCUT2D eigenvalue weighted by Crippen LogP contribution is -2.62. The van der Waals surface area contributed by atoms with E-state index in [2.05, 4.69) is 17.4 Å². The molecule has 4 nitrogen and oxygen atoms in total. The fourth-order valence-corrected chi connectivity index (χ4v) is 3.20. The third-order valence-corrected chi connectivity index (χ3v) is 4.31. The van der Waals surface area contributed by atoms with Crippen LogP contribution < -0.4 is 11.2 Å². The van der Waals surface area contributed by atoms with Crippen LogP contribution in [0.4, 0.5) is 0 Å². The van der Waals surface area contributed by atoms with E-state index in [0.717, 1.165) is 25.9 Å². The van der Waals surface area contributed by atoms with Crippen molar-refractivity contribution in [3.63, 3.8) is 0 Å². The first-order valence-corrected chi connectivity index (χ1v) is 7.62. The zero-order valence-electron chi connectivity index (χ0n) is 11.8. The summed E-state index contributed by atoms with van der Waals surface area (Å²) in [5.41, 5.74) is 9.89. The van der Waals surface area contributed by atoms with E-state index in [1.807, 2.05) is 0 Å². The van der Waals surface area contributed by atoms with Gasteiger partial charge in [-0.25, -0.2) is 10.4 Å². The minimum atomic E-state index is 0.0788. The predicted molar refractivity (Wildman–Crippen MR) is 74.2 cm³/mol. The van der Waals surface area contributed by atoms with Crippen LogP contribution in [0.3, 0.4) is 0 Å². The average molecular weight is 255 g/mol. The molecule has 2 aliphatic rings. The second kappa shape index (κ2) is 6.85. The van der Waals surface area contributed by atoms with Gasteiger partial charge in [-0.05, 0) is 32.1 Å². The molecule has 0 aliphatic carbocycles. The maximum absolute atomic E-state index is 6.07. The lowest BCUT2D eigenvalue weighted by atomic mass is 9.86. The quantitative estimate of drug-likeness (QED) is 0.784. The summed E-state index contributed by atoms with van der Waals surface area (Å²) in [6.07, 6.45) is 8.83. The Kier molecular flexibility index (Phi) is 5.42. The van der Waals surface area contributed by atoms with Gasteiger partial charge in [-0.2, -0.15) is 0 Å². The van der Waals surface area contributed by atoms with Crippen molar-refractivity contribution in [3.05, 3.63) is 0 Å². The molecule has 3 N–H and O–H groups in total. The number of piperidine rings is 1. The Hall–Kier alpha value is -0.160. The Bertz CT molecular complexity index is 241. The highest BCUT2D eigenvalue weighted by molar-refractivity contribution is 4.93. The van der Waals surface area contributed by atoms with Crippen LogP contribution in [0.2, 0.25) is 0 Å². The first-order chi connectivity index (χ1) is 8.78. The minimum Gasteiger partial charge on any atom is -0.378 e. The van der Waals surface area contributed by atoms with Crippen LogP contribution >= 0.6 is 0 Å². The number of hydrazine groups is 1. The van der Waals surface area contributed by atoms with Crippen LogP contribution in [-0.4, -0.2) is 42.9 Å². The Morgan fingerprint density at radius 1 is 1.33 bits per heavy atom. The first-order valence-electron chi connectivity index (χ1n) is 7.62. The van der Waals surface area contributed by atoms with E-state index >= 15 is 0 Å². The fourth-order valence-electron chi connectivity index (χ4n) is 3.20. The molecule has 0 amide bonds. The van der Waals surface area contributed by atoms with Gasteiger partial charge in [0, 0.05) is 31.8 Å². The topological polar surface area (TPSA) is 50.5 Å². The maximum Gasteiger partial charge on any atom is 0.0593 e. The van der Waals surface area contributed by atoms with E-state index in [4.69, 9.17) is 10.5 Å². The van der Waals surface area contributed by atoms with Gasteiger partial charge >= 0.3 is 0 Å². The Morgan fingerprint density at radius 3 is 2.78 bits per heavy atom. The van der Waals surface area contributed by atoms with Gasteiger partial charge in [-0.15, -0.1) is 0 Å². The van der Waals surface area contributed by atoms with Gasteiger partial charge < -0.3 is 10.5 Å². The first kappa shape index (κ1) is 14.3. The molecule has 0 saturated carbocycles. The molecule has 2 saturated heterocycles. The van der Waals surface area contributed by atoms with Gasteiger partial charge in [0.05, 0.1) is 6.10 Å². The van der Waals surface area contributed by atoms with Crippen molar-refractivity contribution in [1.29, 1.82) is 0 Å². The molecule has 2 heterocycles. The fraction of sp³-hybridized carbons (Fsp3) is 1.00. The highest BCUT2D eigenvalue weighted by Gasteiger charge is 2.37. The Labute approximate surface area is 111 Å². The van der Waals surface area contributed by atoms with Crippen molar-refractivity contribution < 1.29 is 4.74 Å². The molecule has 0 aromatic rings. The largest absolute Gasteiger partial charge is 0.378 e. The number of nitrogens with zero attached hydrogens (tertiary/aromatic N) is 1. The molecule has 2 fully saturated rings. The van der Waals surface area contributed by atoms with E-state index in [0.29, 0.717) is 12.6 Å². The highest BCUT2D eigenvalue weighted by atomic mass is 16.5. The van der Waals surface area contributed by atoms with E-state index in [-0.39, 0.29) is 5.54 Å². The molecule has 0 radical (unpaired) electrons. The number of hydrogen-bond donors (Lipinski definition) is 2. The molecular weight excluding hydrogens is 226 g/mol. The molecule has 0 spiro atoms. The molecule has 106 valence electrons. The summed E-state index contributed by atoms with van der Waals surface area (Å²) < 4.78 is 5.85. The number of rotatable bonds is 5. The molecule has 0 aromatic heterocycles. The monoisotopic (exact) mass is 255 g/mol. The summed E-state index contributed by atoms with van der Waals surface area (Å²) in [5, 5.41) is 2.39. The molecule has 2 atom stereocenters. The molecule has 18 heavy (non-hydrogen) atoms. The second-order valence-electron chi connectivity index (χ2n) is 5.88. The number of nitrogens with two attached hydrogens (primary N) is 1. The van der Waals surface area contributed by atoms with Crippen molar-refractivity contribution in [1.82, 2.24) is 10.4 Å². The van der Waals surface area contributed by atoms with Gasteiger partial charge in [-0.1, -0.05) is 19.8 Å². The van der Waals surface area contributed by atoms with E-state index in [9.17, 15) is 0 Å². The number of ether oxygens (including phenoxy) is 1. The average Bonchev–Trinajstić information content (AvgIpc) is 2.41. The van der Waals surface area contributed by atoms with E-state index in [1.54, 1.807) is 0 Å². The van der Waals surface area contributed by atoms with Crippen molar-refractivity contribution in [2.24, 2.45) is 5.73 Å². The normalized spacial score (nSPS) is 34.7. The number of hydrogen-bond acceptors (Lipinski definition) is 4. The maximum atomic E-state index is 6.07. The molecule has 2 rings (SSSR count). The highest BCUT2D eigenvalue weighted by Crippen LogP contribution is 2.27. The van der Waals surface area contributed by atoms with Crippen molar-refractivity contribution in [3.8, 4) is 0 Å². The van der Waals surface area contributed by atoms with E-state index < -0.39 is 0 Å². The van der Waals surface area contributed by atoms with Gasteiger partial charge in [0.15, 0.2) is 0 Å². The summed E-state index contributed by atoms with van der Waals surface area (Å²) in [6, 6.07) is 0. The molecule has 2 aliphatic heterocycles. The lowest BCUT2D eigenvalue weighted by Gasteiger charge is -2.45. The van der Waals surface area contributed by atoms with Gasteiger partial charge in [0.2, 0.25) is 0 Å². The Morgan fingerprint density at radius 2 is 2.11 bits per heavy atom. The van der Waals surface area contributed by atoms with Crippen LogP contribution in [0, 0.1) is 0 Å². The zero-order chi connectivity index (χ0) is 12.8. The SMILES string of the molecule is CCCC1CC(CN)(NN2CCCCC2)CCO1. The van der Waals surface area contributed by atoms with Gasteiger partial charge in [-0.3, -0.25) is 0 Å². The second-order valence-corrected chi connectivity index (χ2v) is 5.88. The van der Waals surface area contributed by atoms with Crippen LogP contribution in [0.15, 0.2) is 0 Å². The van der Waals surface area contributed by atoms with Crippen molar-refractivity contribution >= 4 is 0 Å². The summed E-state index contributed by atoms with van der Waals surface area (Å²) in [4.78, 5) is 0.